The summed E-state index contributed by atoms with van der Waals surface area (Å²) in [5.74, 6) is 1.39. The molecule has 1 unspecified atom stereocenters. The van der Waals surface area contributed by atoms with Gasteiger partial charge in [0.15, 0.2) is 0 Å². The molecule has 0 spiro atoms. The Morgan fingerprint density at radius 2 is 2.13 bits per heavy atom. The lowest BCUT2D eigenvalue weighted by Crippen LogP contribution is -2.37. The van der Waals surface area contributed by atoms with Crippen molar-refractivity contribution in [3.8, 4) is 11.5 Å². The zero-order valence-electron chi connectivity index (χ0n) is 12.8. The van der Waals surface area contributed by atoms with Gasteiger partial charge in [0.1, 0.15) is 11.5 Å². The number of aromatic nitrogens is 1. The van der Waals surface area contributed by atoms with Crippen LogP contribution in [0.5, 0.6) is 11.5 Å². The van der Waals surface area contributed by atoms with Gasteiger partial charge in [-0.1, -0.05) is 12.1 Å². The second-order valence-corrected chi connectivity index (χ2v) is 5.72. The number of amides is 1. The number of nitrogens with zero attached hydrogens (tertiary/aromatic N) is 1. The maximum Gasteiger partial charge on any atom is 0.255 e. The van der Waals surface area contributed by atoms with Crippen LogP contribution in [0.2, 0.25) is 0 Å². The van der Waals surface area contributed by atoms with Crippen LogP contribution >= 0.6 is 0 Å². The molecule has 120 valence electrons. The molecule has 5 nitrogen and oxygen atoms in total. The summed E-state index contributed by atoms with van der Waals surface area (Å²) in [7, 11) is 0. The zero-order valence-corrected chi connectivity index (χ0v) is 12.8. The van der Waals surface area contributed by atoms with Crippen molar-refractivity contribution in [3.63, 3.8) is 0 Å². The standard InChI is InChI=1S/C18H20N2O3/c21-11-9-16(13-7-8-13)20-18(22)15-5-1-2-6-17(15)23-14-4-3-10-19-12-14/h1-6,10,12-13,16,21H,7-9,11H2,(H,20,22). The summed E-state index contributed by atoms with van der Waals surface area (Å²) in [6, 6.07) is 10.7. The monoisotopic (exact) mass is 312 g/mol. The Hall–Kier alpha value is -2.40. The predicted octanol–water partition coefficient (Wildman–Crippen LogP) is 2.76. The molecule has 0 radical (unpaired) electrons. The minimum atomic E-state index is -0.171. The quantitative estimate of drug-likeness (QED) is 0.824. The summed E-state index contributed by atoms with van der Waals surface area (Å²) in [6.07, 6.45) is 6.08. The number of benzene rings is 1. The third kappa shape index (κ3) is 4.07. The normalized spacial score (nSPS) is 15.0. The fourth-order valence-corrected chi connectivity index (χ4v) is 2.59. The maximum atomic E-state index is 12.6. The maximum absolute atomic E-state index is 12.6. The molecule has 2 aromatic rings. The first-order valence-electron chi connectivity index (χ1n) is 7.86. The van der Waals surface area contributed by atoms with Gasteiger partial charge < -0.3 is 15.2 Å². The summed E-state index contributed by atoms with van der Waals surface area (Å²) in [5, 5.41) is 12.2. The summed E-state index contributed by atoms with van der Waals surface area (Å²) in [6.45, 7) is 0.0786. The van der Waals surface area contributed by atoms with Crippen LogP contribution in [0.1, 0.15) is 29.6 Å². The molecule has 1 aliphatic rings. The Morgan fingerprint density at radius 3 is 2.83 bits per heavy atom. The Labute approximate surface area is 135 Å². The summed E-state index contributed by atoms with van der Waals surface area (Å²) < 4.78 is 5.78. The van der Waals surface area contributed by atoms with E-state index in [1.807, 2.05) is 12.1 Å². The molecule has 5 heteroatoms. The van der Waals surface area contributed by atoms with Gasteiger partial charge in [-0.2, -0.15) is 0 Å². The number of carbonyl (C=O) groups excluding carboxylic acids is 1. The smallest absolute Gasteiger partial charge is 0.255 e. The van der Waals surface area contributed by atoms with Gasteiger partial charge >= 0.3 is 0 Å². The molecule has 2 N–H and O–H groups in total. The first kappa shape index (κ1) is 15.5. The molecule has 1 heterocycles. The van der Waals surface area contributed by atoms with Crippen LogP contribution in [0.15, 0.2) is 48.8 Å². The van der Waals surface area contributed by atoms with E-state index < -0.39 is 0 Å². The van der Waals surface area contributed by atoms with Gasteiger partial charge in [-0.25, -0.2) is 0 Å². The van der Waals surface area contributed by atoms with Gasteiger partial charge in [-0.15, -0.1) is 0 Å². The van der Waals surface area contributed by atoms with E-state index in [0.717, 1.165) is 12.8 Å². The van der Waals surface area contributed by atoms with E-state index in [2.05, 4.69) is 10.3 Å². The second-order valence-electron chi connectivity index (χ2n) is 5.72. The van der Waals surface area contributed by atoms with Gasteiger partial charge in [-0.3, -0.25) is 9.78 Å². The summed E-state index contributed by atoms with van der Waals surface area (Å²) >= 11 is 0. The highest BCUT2D eigenvalue weighted by atomic mass is 16.5. The van der Waals surface area contributed by atoms with E-state index >= 15 is 0 Å². The molecule has 1 aromatic carbocycles. The summed E-state index contributed by atoms with van der Waals surface area (Å²) in [4.78, 5) is 16.6. The molecule has 1 aliphatic carbocycles. The average Bonchev–Trinajstić information content (AvgIpc) is 3.41. The first-order chi connectivity index (χ1) is 11.3. The molecule has 1 saturated carbocycles. The van der Waals surface area contributed by atoms with E-state index in [1.54, 1.807) is 36.7 Å². The van der Waals surface area contributed by atoms with Gasteiger partial charge in [0.2, 0.25) is 0 Å². The molecule has 1 aromatic heterocycles. The number of nitrogens with one attached hydrogen (secondary N) is 1. The number of carbonyl (C=O) groups is 1. The molecule has 23 heavy (non-hydrogen) atoms. The van der Waals surface area contributed by atoms with Crippen molar-refractivity contribution in [3.05, 3.63) is 54.4 Å². The average molecular weight is 312 g/mol. The number of rotatable bonds is 7. The SMILES string of the molecule is O=C(NC(CCO)C1CC1)c1ccccc1Oc1cccnc1. The molecule has 1 amide bonds. The van der Waals surface area contributed by atoms with Crippen LogP contribution in [-0.2, 0) is 0 Å². The number of pyridine rings is 1. The lowest BCUT2D eigenvalue weighted by atomic mass is 10.1. The fourth-order valence-electron chi connectivity index (χ4n) is 2.59. The molecular formula is C18H20N2O3. The van der Waals surface area contributed by atoms with Crippen LogP contribution < -0.4 is 10.1 Å². The van der Waals surface area contributed by atoms with Gasteiger partial charge in [0.05, 0.1) is 11.8 Å². The number of aliphatic hydroxyl groups excluding tert-OH is 1. The van der Waals surface area contributed by atoms with Crippen molar-refractivity contribution in [2.75, 3.05) is 6.61 Å². The van der Waals surface area contributed by atoms with E-state index in [9.17, 15) is 4.79 Å². The molecule has 1 atom stereocenters. The number of aliphatic hydroxyl groups is 1. The third-order valence-electron chi connectivity index (χ3n) is 3.94. The van der Waals surface area contributed by atoms with Crippen molar-refractivity contribution < 1.29 is 14.6 Å². The highest BCUT2D eigenvalue weighted by Gasteiger charge is 2.32. The van der Waals surface area contributed by atoms with Crippen molar-refractivity contribution in [1.29, 1.82) is 0 Å². The number of hydrogen-bond acceptors (Lipinski definition) is 4. The Kier molecular flexibility index (Phi) is 4.88. The molecule has 0 bridgehead atoms. The van der Waals surface area contributed by atoms with Crippen LogP contribution in [0, 0.1) is 5.92 Å². The van der Waals surface area contributed by atoms with E-state index in [1.165, 1.54) is 0 Å². The Bertz CT molecular complexity index is 656. The van der Waals surface area contributed by atoms with Crippen molar-refractivity contribution in [2.24, 2.45) is 5.92 Å². The molecule has 1 fully saturated rings. The van der Waals surface area contributed by atoms with E-state index in [4.69, 9.17) is 9.84 Å². The topological polar surface area (TPSA) is 71.5 Å². The minimum Gasteiger partial charge on any atom is -0.455 e. The largest absolute Gasteiger partial charge is 0.455 e. The molecular weight excluding hydrogens is 292 g/mol. The highest BCUT2D eigenvalue weighted by molar-refractivity contribution is 5.97. The van der Waals surface area contributed by atoms with Crippen LogP contribution in [0.25, 0.3) is 0 Å². The van der Waals surface area contributed by atoms with Gasteiger partial charge in [0.25, 0.3) is 5.91 Å². The van der Waals surface area contributed by atoms with Crippen LogP contribution in [-0.4, -0.2) is 28.6 Å². The molecule has 3 rings (SSSR count). The highest BCUT2D eigenvalue weighted by Crippen LogP contribution is 2.34. The second kappa shape index (κ2) is 7.24. The molecule has 0 aliphatic heterocycles. The number of para-hydroxylation sites is 1. The van der Waals surface area contributed by atoms with Crippen molar-refractivity contribution in [1.82, 2.24) is 10.3 Å². The zero-order chi connectivity index (χ0) is 16.1. The molecule has 0 saturated heterocycles. The Balaban J connectivity index is 1.75. The number of ether oxygens (including phenoxy) is 1. The van der Waals surface area contributed by atoms with Crippen LogP contribution in [0.3, 0.4) is 0 Å². The van der Waals surface area contributed by atoms with E-state index in [-0.39, 0.29) is 18.6 Å². The van der Waals surface area contributed by atoms with Crippen molar-refractivity contribution in [2.45, 2.75) is 25.3 Å². The minimum absolute atomic E-state index is 0.0268. The third-order valence-corrected chi connectivity index (χ3v) is 3.94. The van der Waals surface area contributed by atoms with Crippen LogP contribution in [0.4, 0.5) is 0 Å². The lowest BCUT2D eigenvalue weighted by molar-refractivity contribution is 0.0922. The van der Waals surface area contributed by atoms with Crippen molar-refractivity contribution >= 4 is 5.91 Å². The first-order valence-corrected chi connectivity index (χ1v) is 7.86. The predicted molar refractivity (Wildman–Crippen MR) is 86.4 cm³/mol. The van der Waals surface area contributed by atoms with E-state index in [0.29, 0.717) is 29.4 Å². The lowest BCUT2D eigenvalue weighted by Gasteiger charge is -2.18. The van der Waals surface area contributed by atoms with Gasteiger partial charge in [0, 0.05) is 18.8 Å². The van der Waals surface area contributed by atoms with Gasteiger partial charge in [-0.05, 0) is 49.4 Å². The fraction of sp³-hybridized carbons (Fsp3) is 0.333. The summed E-state index contributed by atoms with van der Waals surface area (Å²) in [5.41, 5.74) is 0.486. The Morgan fingerprint density at radius 1 is 1.30 bits per heavy atom. The number of hydrogen-bond donors (Lipinski definition) is 2.